The number of carbonyl (C=O) groups excluding carboxylic acids is 1. The monoisotopic (exact) mass is 380 g/mol. The molecule has 4 nitrogen and oxygen atoms in total. The minimum Gasteiger partial charge on any atom is -0.465 e. The van der Waals surface area contributed by atoms with Gasteiger partial charge in [0, 0.05) is 17.5 Å². The summed E-state index contributed by atoms with van der Waals surface area (Å²) in [6, 6.07) is 0.505. The van der Waals surface area contributed by atoms with Crippen molar-refractivity contribution in [3.8, 4) is 0 Å². The molecule has 2 unspecified atom stereocenters. The number of thiocarbonyl (C=S) groups is 1. The quantitative estimate of drug-likeness (QED) is 0.612. The summed E-state index contributed by atoms with van der Waals surface area (Å²) in [6.07, 6.45) is 7.87. The van der Waals surface area contributed by atoms with Gasteiger partial charge in [0.25, 0.3) is 0 Å². The number of likely N-dealkylation sites (tertiary alicyclic amines) is 1. The van der Waals surface area contributed by atoms with Gasteiger partial charge in [0.1, 0.15) is 5.00 Å². The number of thiophene rings is 1. The van der Waals surface area contributed by atoms with Gasteiger partial charge in [-0.2, -0.15) is 0 Å². The van der Waals surface area contributed by atoms with Gasteiger partial charge in [-0.15, -0.1) is 11.3 Å². The molecular weight excluding hydrogens is 352 g/mol. The standard InChI is InChI=1S/C19H28N2O2S2/c1-4-13-7-5-6-10-21(13)19(24)20-17-16(18(22)23-3)14-9-8-12(2)11-15(14)25-17/h12-13H,4-11H2,1-3H3,(H,20,24). The molecule has 138 valence electrons. The Hall–Kier alpha value is -1.14. The first kappa shape index (κ1) is 18.6. The van der Waals surface area contributed by atoms with Crippen LogP contribution in [0.3, 0.4) is 0 Å². The number of nitrogens with zero attached hydrogens (tertiary/aromatic N) is 1. The van der Waals surface area contributed by atoms with Crippen molar-refractivity contribution in [1.29, 1.82) is 0 Å². The Morgan fingerprint density at radius 1 is 1.40 bits per heavy atom. The van der Waals surface area contributed by atoms with Gasteiger partial charge in [-0.1, -0.05) is 13.8 Å². The van der Waals surface area contributed by atoms with Crippen molar-refractivity contribution in [1.82, 2.24) is 4.90 Å². The Bertz CT molecular complexity index is 656. The minimum atomic E-state index is -0.247. The lowest BCUT2D eigenvalue weighted by atomic mass is 9.88. The molecule has 0 spiro atoms. The zero-order valence-electron chi connectivity index (χ0n) is 15.4. The van der Waals surface area contributed by atoms with Crippen molar-refractivity contribution >= 4 is 39.6 Å². The van der Waals surface area contributed by atoms with Crippen LogP contribution in [0.2, 0.25) is 0 Å². The molecule has 1 aliphatic carbocycles. The highest BCUT2D eigenvalue weighted by molar-refractivity contribution is 7.80. The molecule has 25 heavy (non-hydrogen) atoms. The lowest BCUT2D eigenvalue weighted by molar-refractivity contribution is 0.0601. The molecule has 1 aliphatic heterocycles. The Balaban J connectivity index is 1.86. The third-order valence-corrected chi connectivity index (χ3v) is 6.99. The molecule has 3 rings (SSSR count). The van der Waals surface area contributed by atoms with E-state index in [1.807, 2.05) is 0 Å². The smallest absolute Gasteiger partial charge is 0.341 e. The van der Waals surface area contributed by atoms with Crippen LogP contribution in [0.5, 0.6) is 0 Å². The Kier molecular flexibility index (Phi) is 6.00. The van der Waals surface area contributed by atoms with E-state index >= 15 is 0 Å². The molecule has 0 aromatic carbocycles. The molecule has 2 atom stereocenters. The van der Waals surface area contributed by atoms with E-state index in [0.29, 0.717) is 17.5 Å². The number of piperidine rings is 1. The summed E-state index contributed by atoms with van der Waals surface area (Å²) in [6.45, 7) is 5.49. The van der Waals surface area contributed by atoms with Crippen LogP contribution >= 0.6 is 23.6 Å². The van der Waals surface area contributed by atoms with Crippen molar-refractivity contribution < 1.29 is 9.53 Å². The SMILES string of the molecule is CCC1CCCCN1C(=S)Nc1sc2c(c1C(=O)OC)CCC(C)C2. The molecule has 2 heterocycles. The van der Waals surface area contributed by atoms with Crippen molar-refractivity contribution in [2.75, 3.05) is 19.0 Å². The second kappa shape index (κ2) is 8.04. The Morgan fingerprint density at radius 3 is 2.92 bits per heavy atom. The zero-order chi connectivity index (χ0) is 18.0. The molecule has 1 aromatic heterocycles. The number of rotatable bonds is 3. The first-order valence-corrected chi connectivity index (χ1v) is 10.6. The fourth-order valence-corrected chi connectivity index (χ4v) is 5.82. The second-order valence-electron chi connectivity index (χ2n) is 7.23. The first-order chi connectivity index (χ1) is 12.0. The Labute approximate surface area is 159 Å². The number of carbonyl (C=O) groups is 1. The summed E-state index contributed by atoms with van der Waals surface area (Å²) in [7, 11) is 1.46. The molecule has 0 amide bonds. The number of nitrogens with one attached hydrogen (secondary N) is 1. The number of esters is 1. The van der Waals surface area contributed by atoms with Gasteiger partial charge >= 0.3 is 5.97 Å². The van der Waals surface area contributed by atoms with Crippen molar-refractivity contribution in [2.45, 2.75) is 64.8 Å². The predicted octanol–water partition coefficient (Wildman–Crippen LogP) is 4.62. The lowest BCUT2D eigenvalue weighted by Crippen LogP contribution is -2.45. The fraction of sp³-hybridized carbons (Fsp3) is 0.684. The number of anilines is 1. The van der Waals surface area contributed by atoms with Gasteiger partial charge in [-0.05, 0) is 68.6 Å². The molecule has 1 N–H and O–H groups in total. The molecule has 2 aliphatic rings. The van der Waals surface area contributed by atoms with Crippen LogP contribution in [-0.4, -0.2) is 35.7 Å². The van der Waals surface area contributed by atoms with E-state index in [0.717, 1.165) is 42.3 Å². The molecular formula is C19H28N2O2S2. The largest absolute Gasteiger partial charge is 0.465 e. The van der Waals surface area contributed by atoms with Gasteiger partial charge < -0.3 is 15.0 Å². The van der Waals surface area contributed by atoms with Crippen LogP contribution in [0.15, 0.2) is 0 Å². The van der Waals surface area contributed by atoms with Crippen LogP contribution in [0, 0.1) is 5.92 Å². The van der Waals surface area contributed by atoms with Crippen LogP contribution in [0.4, 0.5) is 5.00 Å². The van der Waals surface area contributed by atoms with E-state index in [-0.39, 0.29) is 5.97 Å². The maximum Gasteiger partial charge on any atom is 0.341 e. The van der Waals surface area contributed by atoms with Gasteiger partial charge in [-0.25, -0.2) is 4.79 Å². The molecule has 6 heteroatoms. The maximum atomic E-state index is 12.4. The Morgan fingerprint density at radius 2 is 2.20 bits per heavy atom. The number of ether oxygens (including phenoxy) is 1. The average Bonchev–Trinajstić information content (AvgIpc) is 2.97. The maximum absolute atomic E-state index is 12.4. The summed E-state index contributed by atoms with van der Waals surface area (Å²) in [5.41, 5.74) is 1.88. The summed E-state index contributed by atoms with van der Waals surface area (Å²) in [5.74, 6) is 0.422. The van der Waals surface area contributed by atoms with E-state index in [1.165, 1.54) is 36.8 Å². The normalized spacial score (nSPS) is 23.1. The van der Waals surface area contributed by atoms with Gasteiger partial charge in [0.05, 0.1) is 12.7 Å². The van der Waals surface area contributed by atoms with Gasteiger partial charge in [0.15, 0.2) is 5.11 Å². The summed E-state index contributed by atoms with van der Waals surface area (Å²) < 4.78 is 5.07. The van der Waals surface area contributed by atoms with Crippen molar-refractivity contribution in [3.05, 3.63) is 16.0 Å². The lowest BCUT2D eigenvalue weighted by Gasteiger charge is -2.37. The molecule has 0 saturated carbocycles. The molecule has 0 bridgehead atoms. The number of methoxy groups -OCH3 is 1. The fourth-order valence-electron chi connectivity index (χ4n) is 4.02. The van der Waals surface area contributed by atoms with Crippen LogP contribution < -0.4 is 5.32 Å². The van der Waals surface area contributed by atoms with Crippen LogP contribution in [-0.2, 0) is 17.6 Å². The van der Waals surface area contributed by atoms with E-state index in [4.69, 9.17) is 17.0 Å². The predicted molar refractivity (Wildman–Crippen MR) is 108 cm³/mol. The van der Waals surface area contributed by atoms with E-state index in [9.17, 15) is 4.79 Å². The minimum absolute atomic E-state index is 0.247. The van der Waals surface area contributed by atoms with Crippen molar-refractivity contribution in [2.24, 2.45) is 5.92 Å². The van der Waals surface area contributed by atoms with Crippen LogP contribution in [0.25, 0.3) is 0 Å². The zero-order valence-corrected chi connectivity index (χ0v) is 17.0. The molecule has 1 fully saturated rings. The highest BCUT2D eigenvalue weighted by atomic mass is 32.1. The van der Waals surface area contributed by atoms with Gasteiger partial charge in [-0.3, -0.25) is 0 Å². The van der Waals surface area contributed by atoms with Gasteiger partial charge in [0.2, 0.25) is 0 Å². The second-order valence-corrected chi connectivity index (χ2v) is 8.72. The van der Waals surface area contributed by atoms with E-state index < -0.39 is 0 Å². The average molecular weight is 381 g/mol. The first-order valence-electron chi connectivity index (χ1n) is 9.35. The summed E-state index contributed by atoms with van der Waals surface area (Å²) >= 11 is 7.40. The third kappa shape index (κ3) is 3.85. The summed E-state index contributed by atoms with van der Waals surface area (Å²) in [5, 5.41) is 5.03. The number of hydrogen-bond acceptors (Lipinski definition) is 4. The highest BCUT2D eigenvalue weighted by Gasteiger charge is 2.30. The third-order valence-electron chi connectivity index (χ3n) is 5.48. The molecule has 1 saturated heterocycles. The molecule has 0 radical (unpaired) electrons. The highest BCUT2D eigenvalue weighted by Crippen LogP contribution is 2.40. The molecule has 1 aromatic rings. The number of fused-ring (bicyclic) bond motifs is 1. The summed E-state index contributed by atoms with van der Waals surface area (Å²) in [4.78, 5) is 16.0. The van der Waals surface area contributed by atoms with E-state index in [2.05, 4.69) is 24.1 Å². The van der Waals surface area contributed by atoms with E-state index in [1.54, 1.807) is 11.3 Å². The topological polar surface area (TPSA) is 41.6 Å². The number of hydrogen-bond donors (Lipinski definition) is 1. The van der Waals surface area contributed by atoms with Crippen molar-refractivity contribution in [3.63, 3.8) is 0 Å². The van der Waals surface area contributed by atoms with Crippen LogP contribution in [0.1, 0.15) is 66.8 Å².